The molecule has 160 valence electrons. The van der Waals surface area contributed by atoms with Gasteiger partial charge in [-0.25, -0.2) is 9.59 Å². The molecule has 0 aliphatic carbocycles. The van der Waals surface area contributed by atoms with E-state index in [-0.39, 0.29) is 31.5 Å². The molecular formula is C18H30NO8P. The number of hydrogen-bond donors (Lipinski definition) is 1. The van der Waals surface area contributed by atoms with Gasteiger partial charge in [-0.1, -0.05) is 0 Å². The summed E-state index contributed by atoms with van der Waals surface area (Å²) >= 11 is 0. The highest BCUT2D eigenvalue weighted by molar-refractivity contribution is 7.62. The van der Waals surface area contributed by atoms with Gasteiger partial charge in [0.15, 0.2) is 0 Å². The van der Waals surface area contributed by atoms with E-state index in [1.54, 1.807) is 41.5 Å². The fraction of sp³-hybridized carbons (Fsp3) is 0.667. The zero-order valence-corrected chi connectivity index (χ0v) is 18.2. The average molecular weight is 419 g/mol. The molecule has 1 rings (SSSR count). The highest BCUT2D eigenvalue weighted by Crippen LogP contribution is 2.47. The molecule has 0 unspecified atom stereocenters. The Hall–Kier alpha value is -1.83. The number of rotatable bonds is 10. The molecule has 0 saturated carbocycles. The summed E-state index contributed by atoms with van der Waals surface area (Å²) in [6.07, 6.45) is 0.486. The molecule has 1 atom stereocenters. The number of amides is 1. The van der Waals surface area contributed by atoms with Crippen LogP contribution in [0, 0.1) is 0 Å². The summed E-state index contributed by atoms with van der Waals surface area (Å²) < 4.78 is 38.9. The van der Waals surface area contributed by atoms with Gasteiger partial charge < -0.3 is 28.3 Å². The first-order valence-electron chi connectivity index (χ1n) is 9.17. The van der Waals surface area contributed by atoms with Crippen molar-refractivity contribution in [2.75, 3.05) is 19.8 Å². The van der Waals surface area contributed by atoms with Crippen LogP contribution in [0.1, 0.15) is 47.3 Å². The van der Waals surface area contributed by atoms with Gasteiger partial charge in [0.1, 0.15) is 29.0 Å². The second kappa shape index (κ2) is 10.6. The molecule has 1 heterocycles. The second-order valence-electron chi connectivity index (χ2n) is 6.76. The standard InChI is InChI=1S/C18H30NO8P/c1-7-23-16(20)15(19-17(21)27-18(4,5)6)11-13-10-14(12-24-13)28(22,25-8-2)26-9-3/h10,12,15H,7-9,11H2,1-6H3,(H,19,21)/t15-/m1/s1. The molecule has 28 heavy (non-hydrogen) atoms. The summed E-state index contributed by atoms with van der Waals surface area (Å²) in [5.41, 5.74) is -0.719. The maximum Gasteiger partial charge on any atom is 0.408 e. The van der Waals surface area contributed by atoms with Gasteiger partial charge in [-0.2, -0.15) is 0 Å². The molecule has 0 radical (unpaired) electrons. The van der Waals surface area contributed by atoms with Crippen LogP contribution in [0.2, 0.25) is 0 Å². The van der Waals surface area contributed by atoms with Crippen LogP contribution in [0.15, 0.2) is 16.7 Å². The Bertz CT molecular complexity index is 684. The summed E-state index contributed by atoms with van der Waals surface area (Å²) in [7, 11) is -3.51. The number of ether oxygens (including phenoxy) is 2. The third-order valence-electron chi connectivity index (χ3n) is 3.22. The molecule has 1 aromatic heterocycles. The van der Waals surface area contributed by atoms with Crippen LogP contribution in [-0.4, -0.2) is 43.5 Å². The Morgan fingerprint density at radius 1 is 1.14 bits per heavy atom. The van der Waals surface area contributed by atoms with Crippen molar-refractivity contribution in [2.24, 2.45) is 0 Å². The number of furan rings is 1. The molecule has 0 saturated heterocycles. The van der Waals surface area contributed by atoms with E-state index in [9.17, 15) is 14.2 Å². The van der Waals surface area contributed by atoms with Gasteiger partial charge in [0.05, 0.1) is 19.8 Å². The van der Waals surface area contributed by atoms with E-state index in [1.165, 1.54) is 12.3 Å². The zero-order chi connectivity index (χ0) is 21.4. The first-order valence-corrected chi connectivity index (χ1v) is 10.7. The quantitative estimate of drug-likeness (QED) is 0.454. The van der Waals surface area contributed by atoms with Crippen molar-refractivity contribution in [1.82, 2.24) is 5.32 Å². The van der Waals surface area contributed by atoms with Crippen molar-refractivity contribution in [1.29, 1.82) is 0 Å². The summed E-state index contributed by atoms with van der Waals surface area (Å²) in [5.74, 6) is -0.326. The lowest BCUT2D eigenvalue weighted by Crippen LogP contribution is -2.45. The molecule has 9 nitrogen and oxygen atoms in total. The van der Waals surface area contributed by atoms with Crippen LogP contribution in [0.3, 0.4) is 0 Å². The SMILES string of the molecule is CCOC(=O)[C@@H](Cc1cc(P(=O)(OCC)OCC)co1)NC(=O)OC(C)(C)C. The Kier molecular flexibility index (Phi) is 9.20. The number of hydrogen-bond acceptors (Lipinski definition) is 8. The van der Waals surface area contributed by atoms with Gasteiger partial charge in [0, 0.05) is 6.42 Å². The number of alkyl carbamates (subject to hydrolysis) is 1. The third kappa shape index (κ3) is 7.66. The van der Waals surface area contributed by atoms with Gasteiger partial charge >= 0.3 is 19.7 Å². The highest BCUT2D eigenvalue weighted by atomic mass is 31.2. The lowest BCUT2D eigenvalue weighted by molar-refractivity contribution is -0.145. The smallest absolute Gasteiger partial charge is 0.408 e. The number of nitrogens with one attached hydrogen (secondary N) is 1. The Morgan fingerprint density at radius 3 is 2.25 bits per heavy atom. The summed E-state index contributed by atoms with van der Waals surface area (Å²) in [5, 5.41) is 2.72. The molecule has 1 amide bonds. The van der Waals surface area contributed by atoms with Gasteiger partial charge in [0.2, 0.25) is 0 Å². The van der Waals surface area contributed by atoms with Crippen molar-refractivity contribution < 1.29 is 37.1 Å². The van der Waals surface area contributed by atoms with Crippen molar-refractivity contribution in [3.8, 4) is 0 Å². The molecule has 0 fully saturated rings. The fourth-order valence-electron chi connectivity index (χ4n) is 2.23. The lowest BCUT2D eigenvalue weighted by Gasteiger charge is -2.22. The predicted octanol–water partition coefficient (Wildman–Crippen LogP) is 3.17. The van der Waals surface area contributed by atoms with E-state index >= 15 is 0 Å². The number of carbonyl (C=O) groups is 2. The van der Waals surface area contributed by atoms with E-state index in [4.69, 9.17) is 22.9 Å². The van der Waals surface area contributed by atoms with Crippen molar-refractivity contribution in [3.63, 3.8) is 0 Å². The minimum atomic E-state index is -3.51. The Balaban J connectivity index is 2.97. The molecular weight excluding hydrogens is 389 g/mol. The monoisotopic (exact) mass is 419 g/mol. The first kappa shape index (κ1) is 24.2. The van der Waals surface area contributed by atoms with Crippen molar-refractivity contribution >= 4 is 25.0 Å². The molecule has 0 spiro atoms. The maximum absolute atomic E-state index is 12.8. The number of esters is 1. The van der Waals surface area contributed by atoms with Gasteiger partial charge in [-0.15, -0.1) is 0 Å². The predicted molar refractivity (Wildman–Crippen MR) is 103 cm³/mol. The summed E-state index contributed by atoms with van der Waals surface area (Å²) in [6, 6.07) is 0.446. The number of carbonyl (C=O) groups excluding carboxylic acids is 2. The normalized spacial score (nSPS) is 13.1. The molecule has 10 heteroatoms. The molecule has 1 aromatic rings. The van der Waals surface area contributed by atoms with Gasteiger partial charge in [0.25, 0.3) is 0 Å². The van der Waals surface area contributed by atoms with Crippen LogP contribution in [0.25, 0.3) is 0 Å². The zero-order valence-electron chi connectivity index (χ0n) is 17.3. The van der Waals surface area contributed by atoms with E-state index in [0.717, 1.165) is 0 Å². The molecule has 1 N–H and O–H groups in total. The van der Waals surface area contributed by atoms with Crippen LogP contribution >= 0.6 is 7.60 Å². The molecule has 0 aromatic carbocycles. The topological polar surface area (TPSA) is 113 Å². The first-order chi connectivity index (χ1) is 13.0. The van der Waals surface area contributed by atoms with E-state index in [2.05, 4.69) is 5.32 Å². The third-order valence-corrected chi connectivity index (χ3v) is 5.28. The van der Waals surface area contributed by atoms with Crippen molar-refractivity contribution in [3.05, 3.63) is 18.1 Å². The molecule has 0 bridgehead atoms. The maximum atomic E-state index is 12.8. The average Bonchev–Trinajstić information content (AvgIpc) is 3.02. The largest absolute Gasteiger partial charge is 0.468 e. The summed E-state index contributed by atoms with van der Waals surface area (Å²) in [6.45, 7) is 10.7. The van der Waals surface area contributed by atoms with E-state index in [0.29, 0.717) is 5.76 Å². The second-order valence-corrected chi connectivity index (χ2v) is 8.79. The van der Waals surface area contributed by atoms with Crippen LogP contribution in [0.4, 0.5) is 4.79 Å². The van der Waals surface area contributed by atoms with Gasteiger partial charge in [-0.3, -0.25) is 4.57 Å². The van der Waals surface area contributed by atoms with Crippen LogP contribution in [-0.2, 0) is 34.3 Å². The Morgan fingerprint density at radius 2 is 1.75 bits per heavy atom. The summed E-state index contributed by atoms with van der Waals surface area (Å²) in [4.78, 5) is 24.3. The van der Waals surface area contributed by atoms with Gasteiger partial charge in [-0.05, 0) is 47.6 Å². The van der Waals surface area contributed by atoms with E-state index < -0.39 is 31.3 Å². The van der Waals surface area contributed by atoms with Crippen molar-refractivity contribution in [2.45, 2.75) is 59.6 Å². The van der Waals surface area contributed by atoms with Crippen LogP contribution < -0.4 is 10.6 Å². The minimum absolute atomic E-state index is 0.0175. The molecule has 0 aliphatic rings. The van der Waals surface area contributed by atoms with Crippen LogP contribution in [0.5, 0.6) is 0 Å². The van der Waals surface area contributed by atoms with E-state index in [1.807, 2.05) is 0 Å². The lowest BCUT2D eigenvalue weighted by atomic mass is 10.1. The Labute approximate surface area is 165 Å². The molecule has 0 aliphatic heterocycles. The fourth-order valence-corrected chi connectivity index (χ4v) is 3.77. The highest BCUT2D eigenvalue weighted by Gasteiger charge is 2.31. The minimum Gasteiger partial charge on any atom is -0.468 e.